The summed E-state index contributed by atoms with van der Waals surface area (Å²) in [7, 11) is 0. The molecule has 19 heavy (non-hydrogen) atoms. The van der Waals surface area contributed by atoms with Crippen molar-refractivity contribution in [2.24, 2.45) is 11.8 Å². The highest BCUT2D eigenvalue weighted by atomic mass is 19.2. The van der Waals surface area contributed by atoms with E-state index < -0.39 is 17.5 Å². The van der Waals surface area contributed by atoms with Gasteiger partial charge in [0.25, 0.3) is 0 Å². The maximum atomic E-state index is 13.1. The summed E-state index contributed by atoms with van der Waals surface area (Å²) in [6.07, 6.45) is 2.13. The molecule has 1 N–H and O–H groups in total. The molecule has 0 aromatic heterocycles. The Labute approximate surface area is 112 Å². The fourth-order valence-electron chi connectivity index (χ4n) is 2.74. The molecule has 4 heteroatoms. The van der Waals surface area contributed by atoms with Gasteiger partial charge >= 0.3 is 0 Å². The van der Waals surface area contributed by atoms with E-state index in [-0.39, 0.29) is 5.54 Å². The summed E-state index contributed by atoms with van der Waals surface area (Å²) in [6.45, 7) is 6.88. The molecule has 1 aliphatic rings. The first kappa shape index (κ1) is 14.4. The lowest BCUT2D eigenvalue weighted by Crippen LogP contribution is -2.53. The zero-order valence-corrected chi connectivity index (χ0v) is 11.6. The van der Waals surface area contributed by atoms with Crippen LogP contribution in [-0.2, 0) is 6.54 Å². The summed E-state index contributed by atoms with van der Waals surface area (Å²) in [5.74, 6) is -2.29. The molecule has 1 aliphatic carbocycles. The molecule has 1 fully saturated rings. The van der Waals surface area contributed by atoms with Gasteiger partial charge in [0.05, 0.1) is 0 Å². The van der Waals surface area contributed by atoms with Crippen LogP contribution in [-0.4, -0.2) is 5.54 Å². The molecular weight excluding hydrogens is 251 g/mol. The summed E-state index contributed by atoms with van der Waals surface area (Å²) in [5.41, 5.74) is 0.460. The Kier molecular flexibility index (Phi) is 3.90. The van der Waals surface area contributed by atoms with Crippen molar-refractivity contribution in [3.8, 4) is 0 Å². The Morgan fingerprint density at radius 3 is 2.21 bits per heavy atom. The predicted octanol–water partition coefficient (Wildman–Crippen LogP) is 4.02. The van der Waals surface area contributed by atoms with E-state index in [9.17, 15) is 13.2 Å². The summed E-state index contributed by atoms with van der Waals surface area (Å²) in [6, 6.07) is 2.10. The first-order valence-corrected chi connectivity index (χ1v) is 6.69. The molecule has 1 saturated carbocycles. The van der Waals surface area contributed by atoms with Crippen molar-refractivity contribution in [1.82, 2.24) is 5.32 Å². The second kappa shape index (κ2) is 5.16. The molecule has 0 heterocycles. The molecule has 0 radical (unpaired) electrons. The van der Waals surface area contributed by atoms with Gasteiger partial charge < -0.3 is 5.32 Å². The lowest BCUT2D eigenvalue weighted by Gasteiger charge is -2.48. The van der Waals surface area contributed by atoms with E-state index in [1.165, 1.54) is 0 Å². The van der Waals surface area contributed by atoms with Crippen LogP contribution in [0.2, 0.25) is 0 Å². The molecule has 1 nitrogen and oxygen atoms in total. The zero-order valence-electron chi connectivity index (χ0n) is 11.6. The number of hydrogen-bond donors (Lipinski definition) is 1. The van der Waals surface area contributed by atoms with Gasteiger partial charge in [-0.15, -0.1) is 0 Å². The van der Waals surface area contributed by atoms with Gasteiger partial charge in [-0.25, -0.2) is 13.2 Å². The van der Waals surface area contributed by atoms with E-state index in [1.54, 1.807) is 0 Å². The molecule has 0 amide bonds. The van der Waals surface area contributed by atoms with Crippen LogP contribution in [0.5, 0.6) is 0 Å². The van der Waals surface area contributed by atoms with Gasteiger partial charge in [0.2, 0.25) is 0 Å². The smallest absolute Gasteiger partial charge is 0.194 e. The number of hydrogen-bond acceptors (Lipinski definition) is 1. The summed E-state index contributed by atoms with van der Waals surface area (Å²) in [4.78, 5) is 0. The molecule has 0 saturated heterocycles. The third kappa shape index (κ3) is 3.11. The van der Waals surface area contributed by atoms with Crippen molar-refractivity contribution < 1.29 is 13.2 Å². The molecule has 2 rings (SSSR count). The van der Waals surface area contributed by atoms with Crippen molar-refractivity contribution in [2.45, 2.75) is 45.7 Å². The normalized spacial score (nSPS) is 26.6. The van der Waals surface area contributed by atoms with Crippen LogP contribution < -0.4 is 5.32 Å². The Morgan fingerprint density at radius 1 is 1.21 bits per heavy atom. The average Bonchev–Trinajstić information content (AvgIpc) is 2.29. The highest BCUT2D eigenvalue weighted by molar-refractivity contribution is 5.19. The van der Waals surface area contributed by atoms with Crippen molar-refractivity contribution in [3.63, 3.8) is 0 Å². The minimum absolute atomic E-state index is 0.0241. The lowest BCUT2D eigenvalue weighted by atomic mass is 9.65. The van der Waals surface area contributed by atoms with Crippen LogP contribution in [0.25, 0.3) is 0 Å². The van der Waals surface area contributed by atoms with E-state index in [2.05, 4.69) is 26.1 Å². The van der Waals surface area contributed by atoms with Crippen molar-refractivity contribution in [2.75, 3.05) is 0 Å². The number of rotatable bonds is 4. The molecular formula is C15H20F3N. The molecule has 0 atom stereocenters. The van der Waals surface area contributed by atoms with Gasteiger partial charge in [-0.05, 0) is 49.3 Å². The van der Waals surface area contributed by atoms with Crippen LogP contribution in [0.1, 0.15) is 39.2 Å². The Bertz CT molecular complexity index is 441. The van der Waals surface area contributed by atoms with E-state index >= 15 is 0 Å². The number of nitrogens with one attached hydrogen (secondary N) is 1. The molecule has 1 aromatic rings. The number of halogens is 3. The minimum Gasteiger partial charge on any atom is -0.307 e. The number of benzene rings is 1. The Balaban J connectivity index is 1.93. The summed E-state index contributed by atoms with van der Waals surface area (Å²) < 4.78 is 39.0. The highest BCUT2D eigenvalue weighted by Crippen LogP contribution is 2.41. The van der Waals surface area contributed by atoms with E-state index in [0.29, 0.717) is 23.9 Å². The van der Waals surface area contributed by atoms with Gasteiger partial charge in [0, 0.05) is 12.1 Å². The van der Waals surface area contributed by atoms with Crippen molar-refractivity contribution in [1.29, 1.82) is 0 Å². The van der Waals surface area contributed by atoms with Gasteiger partial charge in [0.15, 0.2) is 17.5 Å². The van der Waals surface area contributed by atoms with Gasteiger partial charge in [-0.2, -0.15) is 0 Å². The largest absolute Gasteiger partial charge is 0.307 e. The van der Waals surface area contributed by atoms with Crippen LogP contribution in [0.4, 0.5) is 13.2 Å². The van der Waals surface area contributed by atoms with Crippen molar-refractivity contribution >= 4 is 0 Å². The monoisotopic (exact) mass is 271 g/mol. The predicted molar refractivity (Wildman–Crippen MR) is 69.1 cm³/mol. The molecule has 0 unspecified atom stereocenters. The average molecular weight is 271 g/mol. The second-order valence-electron chi connectivity index (χ2n) is 6.20. The van der Waals surface area contributed by atoms with E-state index in [4.69, 9.17) is 0 Å². The van der Waals surface area contributed by atoms with Crippen LogP contribution >= 0.6 is 0 Å². The first-order valence-electron chi connectivity index (χ1n) is 6.69. The Morgan fingerprint density at radius 2 is 1.74 bits per heavy atom. The summed E-state index contributed by atoms with van der Waals surface area (Å²) >= 11 is 0. The van der Waals surface area contributed by atoms with Crippen LogP contribution in [0.3, 0.4) is 0 Å². The zero-order chi connectivity index (χ0) is 14.2. The van der Waals surface area contributed by atoms with E-state index in [1.807, 2.05) is 0 Å². The molecule has 1 aromatic carbocycles. The lowest BCUT2D eigenvalue weighted by molar-refractivity contribution is 0.0841. The van der Waals surface area contributed by atoms with Crippen molar-refractivity contribution in [3.05, 3.63) is 35.1 Å². The molecule has 0 bridgehead atoms. The fourth-order valence-corrected chi connectivity index (χ4v) is 2.74. The quantitative estimate of drug-likeness (QED) is 0.816. The minimum atomic E-state index is -1.40. The molecule has 106 valence electrons. The highest BCUT2D eigenvalue weighted by Gasteiger charge is 2.40. The van der Waals surface area contributed by atoms with Gasteiger partial charge in [-0.1, -0.05) is 13.8 Å². The maximum absolute atomic E-state index is 13.1. The SMILES string of the molecule is CC(C)C1CC(C)(NCc2cc(F)c(F)c(F)c2)C1. The van der Waals surface area contributed by atoms with Gasteiger partial charge in [0.1, 0.15) is 0 Å². The standard InChI is InChI=1S/C15H20F3N/c1-9(2)11-6-15(3,7-11)19-8-10-4-12(16)14(18)13(17)5-10/h4-5,9,11,19H,6-8H2,1-3H3. The first-order chi connectivity index (χ1) is 8.81. The summed E-state index contributed by atoms with van der Waals surface area (Å²) in [5, 5.41) is 3.31. The molecule has 0 spiro atoms. The topological polar surface area (TPSA) is 12.0 Å². The second-order valence-corrected chi connectivity index (χ2v) is 6.20. The van der Waals surface area contributed by atoms with Gasteiger partial charge in [-0.3, -0.25) is 0 Å². The van der Waals surface area contributed by atoms with Crippen LogP contribution in [0.15, 0.2) is 12.1 Å². The van der Waals surface area contributed by atoms with E-state index in [0.717, 1.165) is 25.0 Å². The fraction of sp³-hybridized carbons (Fsp3) is 0.600. The van der Waals surface area contributed by atoms with Crippen LogP contribution in [0, 0.1) is 29.3 Å². The molecule has 0 aliphatic heterocycles. The third-order valence-electron chi connectivity index (χ3n) is 4.13. The maximum Gasteiger partial charge on any atom is 0.194 e. The Hall–Kier alpha value is -1.03. The third-order valence-corrected chi connectivity index (χ3v) is 4.13.